The summed E-state index contributed by atoms with van der Waals surface area (Å²) < 4.78 is 7.51. The third-order valence-corrected chi connectivity index (χ3v) is 7.21. The first kappa shape index (κ1) is 24.3. The molecule has 0 unspecified atom stereocenters. The Morgan fingerprint density at radius 2 is 1.94 bits per heavy atom. The second kappa shape index (κ2) is 10.7. The number of nitrogen functional groups attached to an aromatic ring is 1. The number of nitrogens with one attached hydrogen (secondary N) is 2. The number of imidazole rings is 1. The summed E-state index contributed by atoms with van der Waals surface area (Å²) in [5, 5.41) is 28.9. The van der Waals surface area contributed by atoms with Gasteiger partial charge in [-0.15, -0.1) is 0 Å². The summed E-state index contributed by atoms with van der Waals surface area (Å²) in [7, 11) is 0. The quantitative estimate of drug-likeness (QED) is 0.224. The topological polar surface area (TPSA) is 160 Å². The first-order chi connectivity index (χ1) is 17.5. The van der Waals surface area contributed by atoms with Crippen LogP contribution in [0.25, 0.3) is 21.9 Å². The van der Waals surface area contributed by atoms with E-state index in [0.29, 0.717) is 23.5 Å². The van der Waals surface area contributed by atoms with E-state index in [9.17, 15) is 15.0 Å². The molecule has 1 aliphatic rings. The molecule has 1 fully saturated rings. The predicted molar refractivity (Wildman–Crippen MR) is 139 cm³/mol. The van der Waals surface area contributed by atoms with Crippen LogP contribution in [0.5, 0.6) is 0 Å². The molecule has 1 aliphatic heterocycles. The minimum atomic E-state index is -1.14. The van der Waals surface area contributed by atoms with Gasteiger partial charge in [0.1, 0.15) is 24.1 Å². The Hall–Kier alpha value is -3.45. The van der Waals surface area contributed by atoms with Crippen LogP contribution in [-0.4, -0.2) is 72.1 Å². The largest absolute Gasteiger partial charge is 0.387 e. The first-order valence-corrected chi connectivity index (χ1v) is 12.7. The third-order valence-electron chi connectivity index (χ3n) is 6.07. The number of anilines is 2. The lowest BCUT2D eigenvalue weighted by Crippen LogP contribution is -2.32. The minimum Gasteiger partial charge on any atom is -0.387 e. The van der Waals surface area contributed by atoms with Crippen LogP contribution < -0.4 is 16.4 Å². The van der Waals surface area contributed by atoms with E-state index >= 15 is 0 Å². The second-order valence-corrected chi connectivity index (χ2v) is 9.62. The molecule has 1 saturated heterocycles. The molecule has 4 aromatic rings. The van der Waals surface area contributed by atoms with Crippen molar-refractivity contribution < 1.29 is 19.7 Å². The molecule has 0 bridgehead atoms. The number of aliphatic hydroxyl groups excluding tert-OH is 2. The zero-order chi connectivity index (χ0) is 25.1. The Morgan fingerprint density at radius 1 is 1.11 bits per heavy atom. The van der Waals surface area contributed by atoms with Gasteiger partial charge in [-0.2, -0.15) is 11.8 Å². The van der Waals surface area contributed by atoms with Crippen LogP contribution >= 0.6 is 11.8 Å². The fourth-order valence-corrected chi connectivity index (χ4v) is 5.25. The molecule has 6 N–H and O–H groups in total. The number of hydrogen-bond acceptors (Lipinski definition) is 9. The molecule has 12 heteroatoms. The number of rotatable bonds is 8. The lowest BCUT2D eigenvalue weighted by molar-refractivity contribution is -0.0289. The third kappa shape index (κ3) is 4.93. The van der Waals surface area contributed by atoms with E-state index in [2.05, 4.69) is 25.6 Å². The van der Waals surface area contributed by atoms with Crippen molar-refractivity contribution in [2.24, 2.45) is 0 Å². The van der Waals surface area contributed by atoms with Gasteiger partial charge in [0.25, 0.3) is 0 Å². The highest BCUT2D eigenvalue weighted by Crippen LogP contribution is 2.33. The molecule has 0 aliphatic carbocycles. The first-order valence-electron chi connectivity index (χ1n) is 11.6. The molecule has 188 valence electrons. The minimum absolute atomic E-state index is 0.235. The maximum absolute atomic E-state index is 12.3. The summed E-state index contributed by atoms with van der Waals surface area (Å²) in [4.78, 5) is 24.6. The normalized spacial score (nSPS) is 21.7. The lowest BCUT2D eigenvalue weighted by Gasteiger charge is -2.16. The van der Waals surface area contributed by atoms with Gasteiger partial charge in [-0.3, -0.25) is 4.57 Å². The molecule has 0 radical (unpaired) electrons. The number of benzene rings is 2. The van der Waals surface area contributed by atoms with E-state index in [1.807, 2.05) is 42.5 Å². The Labute approximate surface area is 211 Å². The van der Waals surface area contributed by atoms with Crippen LogP contribution in [0, 0.1) is 0 Å². The lowest BCUT2D eigenvalue weighted by atomic mass is 10.1. The number of aliphatic hydroxyl groups is 2. The zero-order valence-corrected chi connectivity index (χ0v) is 20.1. The number of thioether (sulfide) groups is 1. The summed E-state index contributed by atoms with van der Waals surface area (Å²) in [6.45, 7) is 0.505. The average molecular weight is 510 g/mol. The van der Waals surface area contributed by atoms with Gasteiger partial charge in [0, 0.05) is 17.7 Å². The molecular formula is C24H27N7O4S. The molecule has 36 heavy (non-hydrogen) atoms. The fourth-order valence-electron chi connectivity index (χ4n) is 4.23. The Bertz CT molecular complexity index is 1360. The van der Waals surface area contributed by atoms with E-state index in [1.165, 1.54) is 12.7 Å². The van der Waals surface area contributed by atoms with Gasteiger partial charge < -0.3 is 31.3 Å². The SMILES string of the molecule is Nc1ncnc2c1ncn2[C@@H]1O[C@H](CSCCCNC(=O)Nc2cccc3ccccc23)[C@@H](O)[C@H]1O. The molecule has 2 aromatic carbocycles. The van der Waals surface area contributed by atoms with E-state index in [-0.39, 0.29) is 11.8 Å². The smallest absolute Gasteiger partial charge is 0.319 e. The van der Waals surface area contributed by atoms with Crippen molar-refractivity contribution in [3.8, 4) is 0 Å². The molecular weight excluding hydrogens is 482 g/mol. The highest BCUT2D eigenvalue weighted by Gasteiger charge is 2.44. The van der Waals surface area contributed by atoms with Crippen molar-refractivity contribution in [1.29, 1.82) is 0 Å². The number of aromatic nitrogens is 4. The molecule has 11 nitrogen and oxygen atoms in total. The second-order valence-electron chi connectivity index (χ2n) is 8.47. The van der Waals surface area contributed by atoms with Crippen LogP contribution in [0.3, 0.4) is 0 Å². The van der Waals surface area contributed by atoms with Crippen molar-refractivity contribution in [2.75, 3.05) is 29.1 Å². The van der Waals surface area contributed by atoms with E-state index < -0.39 is 24.5 Å². The zero-order valence-electron chi connectivity index (χ0n) is 19.3. The molecule has 4 atom stereocenters. The molecule has 2 amide bonds. The number of hydrogen-bond donors (Lipinski definition) is 5. The molecule has 2 aromatic heterocycles. The average Bonchev–Trinajstić information content (AvgIpc) is 3.43. The molecule has 0 saturated carbocycles. The number of ether oxygens (including phenoxy) is 1. The predicted octanol–water partition coefficient (Wildman–Crippen LogP) is 2.13. The number of urea groups is 1. The van der Waals surface area contributed by atoms with E-state index in [0.717, 1.165) is 28.6 Å². The molecule has 0 spiro atoms. The van der Waals surface area contributed by atoms with Crippen LogP contribution in [0.4, 0.5) is 16.3 Å². The van der Waals surface area contributed by atoms with Crippen molar-refractivity contribution in [2.45, 2.75) is 31.0 Å². The van der Waals surface area contributed by atoms with Gasteiger partial charge in [0.05, 0.1) is 18.1 Å². The van der Waals surface area contributed by atoms with E-state index in [4.69, 9.17) is 10.5 Å². The standard InChI is InChI=1S/C24H27N7O4S/c25-21-18-22(28-12-27-21)31(13-29-18)23-20(33)19(32)17(35-23)11-36-10-4-9-26-24(34)30-16-8-3-6-14-5-1-2-7-15(14)16/h1-3,5-8,12-13,17,19-20,23,32-33H,4,9-11H2,(H2,25,27,28)(H2,26,30,34)/t17-,19-,20-,23-/m1/s1. The van der Waals surface area contributed by atoms with Crippen LogP contribution in [0.1, 0.15) is 12.6 Å². The number of fused-ring (bicyclic) bond motifs is 2. The number of carbonyl (C=O) groups excluding carboxylic acids is 1. The van der Waals surface area contributed by atoms with Crippen LogP contribution in [0.15, 0.2) is 55.1 Å². The van der Waals surface area contributed by atoms with Crippen molar-refractivity contribution in [3.63, 3.8) is 0 Å². The van der Waals surface area contributed by atoms with Crippen molar-refractivity contribution in [1.82, 2.24) is 24.8 Å². The van der Waals surface area contributed by atoms with E-state index in [1.54, 1.807) is 16.3 Å². The Kier molecular flexibility index (Phi) is 7.18. The monoisotopic (exact) mass is 509 g/mol. The number of carbonyl (C=O) groups is 1. The van der Waals surface area contributed by atoms with Crippen LogP contribution in [-0.2, 0) is 4.74 Å². The summed E-state index contributed by atoms with van der Waals surface area (Å²) >= 11 is 1.58. The van der Waals surface area contributed by atoms with Crippen molar-refractivity contribution in [3.05, 3.63) is 55.1 Å². The van der Waals surface area contributed by atoms with Gasteiger partial charge in [-0.05, 0) is 23.6 Å². The van der Waals surface area contributed by atoms with Gasteiger partial charge in [0.2, 0.25) is 0 Å². The number of nitrogens with two attached hydrogens (primary N) is 1. The Morgan fingerprint density at radius 3 is 2.83 bits per heavy atom. The van der Waals surface area contributed by atoms with Gasteiger partial charge in [-0.1, -0.05) is 36.4 Å². The number of nitrogens with zero attached hydrogens (tertiary/aromatic N) is 4. The van der Waals surface area contributed by atoms with Gasteiger partial charge >= 0.3 is 6.03 Å². The van der Waals surface area contributed by atoms with Crippen LogP contribution in [0.2, 0.25) is 0 Å². The highest BCUT2D eigenvalue weighted by molar-refractivity contribution is 7.99. The summed E-state index contributed by atoms with van der Waals surface area (Å²) in [5.74, 6) is 1.47. The fraction of sp³-hybridized carbons (Fsp3) is 0.333. The summed E-state index contributed by atoms with van der Waals surface area (Å²) in [6, 6.07) is 13.4. The summed E-state index contributed by atoms with van der Waals surface area (Å²) in [6.07, 6.45) is -0.0472. The molecule has 3 heterocycles. The van der Waals surface area contributed by atoms with Gasteiger partial charge in [0.15, 0.2) is 17.7 Å². The highest BCUT2D eigenvalue weighted by atomic mass is 32.2. The van der Waals surface area contributed by atoms with Gasteiger partial charge in [-0.25, -0.2) is 19.7 Å². The maximum atomic E-state index is 12.3. The Balaban J connectivity index is 1.06. The maximum Gasteiger partial charge on any atom is 0.319 e. The van der Waals surface area contributed by atoms with Crippen molar-refractivity contribution >= 4 is 51.2 Å². The summed E-state index contributed by atoms with van der Waals surface area (Å²) in [5.41, 5.74) is 7.44. The number of amides is 2. The molecule has 5 rings (SSSR count).